The topological polar surface area (TPSA) is 61.4 Å². The summed E-state index contributed by atoms with van der Waals surface area (Å²) in [5.74, 6) is -0.0827. The normalized spacial score (nSPS) is 14.0. The van der Waals surface area contributed by atoms with E-state index in [0.29, 0.717) is 6.54 Å². The predicted molar refractivity (Wildman–Crippen MR) is 109 cm³/mol. The van der Waals surface area contributed by atoms with Crippen molar-refractivity contribution in [2.75, 3.05) is 16.8 Å². The summed E-state index contributed by atoms with van der Waals surface area (Å²) in [6, 6.07) is 12.8. The highest BCUT2D eigenvalue weighted by Gasteiger charge is 2.32. The second kappa shape index (κ2) is 7.82. The van der Waals surface area contributed by atoms with Crippen molar-refractivity contribution in [1.29, 1.82) is 0 Å². The highest BCUT2D eigenvalue weighted by atomic mass is 16.2. The van der Waals surface area contributed by atoms with Crippen molar-refractivity contribution in [3.8, 4) is 0 Å². The summed E-state index contributed by atoms with van der Waals surface area (Å²) in [4.78, 5) is 27.5. The molecule has 2 aromatic carbocycles. The summed E-state index contributed by atoms with van der Waals surface area (Å²) < 4.78 is 0. The zero-order valence-electron chi connectivity index (χ0n) is 16.4. The zero-order valence-corrected chi connectivity index (χ0v) is 16.4. The highest BCUT2D eigenvalue weighted by molar-refractivity contribution is 6.02. The average Bonchev–Trinajstić information content (AvgIpc) is 3.07. The van der Waals surface area contributed by atoms with E-state index in [0.717, 1.165) is 28.9 Å². The van der Waals surface area contributed by atoms with E-state index in [1.54, 1.807) is 4.90 Å². The number of rotatable bonds is 4. The Hall–Kier alpha value is -2.82. The summed E-state index contributed by atoms with van der Waals surface area (Å²) in [7, 11) is 0. The first-order valence-corrected chi connectivity index (χ1v) is 9.41. The Morgan fingerprint density at radius 1 is 1.04 bits per heavy atom. The molecule has 1 unspecified atom stereocenters. The molecule has 2 aromatic rings. The molecule has 5 nitrogen and oxygen atoms in total. The van der Waals surface area contributed by atoms with Crippen LogP contribution in [0, 0.1) is 19.8 Å². The maximum Gasteiger partial charge on any atom is 0.319 e. The van der Waals surface area contributed by atoms with Gasteiger partial charge in [0.2, 0.25) is 5.91 Å². The van der Waals surface area contributed by atoms with Crippen LogP contribution in [0.1, 0.15) is 30.5 Å². The Labute approximate surface area is 160 Å². The number of hydrogen-bond acceptors (Lipinski definition) is 2. The van der Waals surface area contributed by atoms with E-state index in [-0.39, 0.29) is 17.9 Å². The number of para-hydroxylation sites is 1. The second-order valence-corrected chi connectivity index (χ2v) is 7.44. The van der Waals surface area contributed by atoms with E-state index in [9.17, 15) is 9.59 Å². The number of fused-ring (bicyclic) bond motifs is 1. The Morgan fingerprint density at radius 3 is 2.52 bits per heavy atom. The van der Waals surface area contributed by atoms with E-state index in [4.69, 9.17) is 0 Å². The zero-order chi connectivity index (χ0) is 19.6. The van der Waals surface area contributed by atoms with E-state index in [1.807, 2.05) is 70.2 Å². The quantitative estimate of drug-likeness (QED) is 0.859. The van der Waals surface area contributed by atoms with Gasteiger partial charge in [-0.25, -0.2) is 4.79 Å². The number of urea groups is 1. The summed E-state index contributed by atoms with van der Waals surface area (Å²) in [5, 5.41) is 5.76. The molecule has 0 fully saturated rings. The van der Waals surface area contributed by atoms with Gasteiger partial charge in [-0.3, -0.25) is 4.79 Å². The van der Waals surface area contributed by atoms with Crippen LogP contribution < -0.4 is 15.5 Å². The third kappa shape index (κ3) is 3.97. The van der Waals surface area contributed by atoms with Crippen molar-refractivity contribution in [2.24, 2.45) is 5.92 Å². The molecule has 2 N–H and O–H groups in total. The summed E-state index contributed by atoms with van der Waals surface area (Å²) in [5.41, 5.74) is 5.01. The minimum absolute atomic E-state index is 0.0189. The van der Waals surface area contributed by atoms with Gasteiger partial charge in [0.25, 0.3) is 0 Å². The summed E-state index contributed by atoms with van der Waals surface area (Å²) in [6.45, 7) is 8.52. The number of aryl methyl sites for hydroxylation is 1. The number of hydrogen-bond donors (Lipinski definition) is 2. The molecule has 1 atom stereocenters. The van der Waals surface area contributed by atoms with Crippen LogP contribution in [0.5, 0.6) is 0 Å². The van der Waals surface area contributed by atoms with Crippen molar-refractivity contribution in [3.63, 3.8) is 0 Å². The SMILES string of the molecule is Cc1cccc(NC(=O)NC(C(=O)N2CCc3ccccc32)C(C)C)c1C. The lowest BCUT2D eigenvalue weighted by molar-refractivity contribution is -0.121. The smallest absolute Gasteiger partial charge is 0.319 e. The lowest BCUT2D eigenvalue weighted by Crippen LogP contribution is -2.52. The number of nitrogens with one attached hydrogen (secondary N) is 2. The van der Waals surface area contributed by atoms with Gasteiger partial charge in [0.1, 0.15) is 6.04 Å². The Balaban J connectivity index is 1.73. The second-order valence-electron chi connectivity index (χ2n) is 7.44. The van der Waals surface area contributed by atoms with Crippen LogP contribution >= 0.6 is 0 Å². The fraction of sp³-hybridized carbons (Fsp3) is 0.364. The standard InChI is InChI=1S/C22H27N3O2/c1-14(2)20(21(26)25-13-12-17-9-5-6-11-19(17)25)24-22(27)23-18-10-7-8-15(3)16(18)4/h5-11,14,20H,12-13H2,1-4H3,(H2,23,24,27). The molecular formula is C22H27N3O2. The molecule has 0 aromatic heterocycles. The molecule has 1 aliphatic heterocycles. The lowest BCUT2D eigenvalue weighted by atomic mass is 10.0. The molecule has 0 aliphatic carbocycles. The van der Waals surface area contributed by atoms with Crippen molar-refractivity contribution in [2.45, 2.75) is 40.2 Å². The van der Waals surface area contributed by atoms with Crippen molar-refractivity contribution < 1.29 is 9.59 Å². The van der Waals surface area contributed by atoms with E-state index in [1.165, 1.54) is 5.56 Å². The van der Waals surface area contributed by atoms with Gasteiger partial charge in [-0.2, -0.15) is 0 Å². The number of amides is 3. The molecule has 142 valence electrons. The monoisotopic (exact) mass is 365 g/mol. The Bertz CT molecular complexity index is 860. The van der Waals surface area contributed by atoms with Crippen LogP contribution in [0.3, 0.4) is 0 Å². The lowest BCUT2D eigenvalue weighted by Gasteiger charge is -2.27. The maximum absolute atomic E-state index is 13.1. The minimum atomic E-state index is -0.582. The molecule has 5 heteroatoms. The molecule has 1 heterocycles. The van der Waals surface area contributed by atoms with E-state index < -0.39 is 6.04 Å². The van der Waals surface area contributed by atoms with Gasteiger partial charge in [-0.05, 0) is 55.0 Å². The molecule has 0 radical (unpaired) electrons. The van der Waals surface area contributed by atoms with Crippen LogP contribution in [-0.4, -0.2) is 24.5 Å². The predicted octanol–water partition coefficient (Wildman–Crippen LogP) is 4.04. The van der Waals surface area contributed by atoms with Gasteiger partial charge in [-0.15, -0.1) is 0 Å². The average molecular weight is 365 g/mol. The number of nitrogens with zero attached hydrogens (tertiary/aromatic N) is 1. The first-order valence-electron chi connectivity index (χ1n) is 9.41. The first kappa shape index (κ1) is 19.0. The summed E-state index contributed by atoms with van der Waals surface area (Å²) >= 11 is 0. The van der Waals surface area contributed by atoms with Crippen LogP contribution in [0.2, 0.25) is 0 Å². The van der Waals surface area contributed by atoms with Gasteiger partial charge >= 0.3 is 6.03 Å². The van der Waals surface area contributed by atoms with Gasteiger partial charge in [0, 0.05) is 17.9 Å². The van der Waals surface area contributed by atoms with Crippen LogP contribution in [0.4, 0.5) is 16.2 Å². The molecule has 0 spiro atoms. The fourth-order valence-electron chi connectivity index (χ4n) is 3.43. The number of carbonyl (C=O) groups is 2. The van der Waals surface area contributed by atoms with Crippen molar-refractivity contribution in [3.05, 3.63) is 59.2 Å². The van der Waals surface area contributed by atoms with Crippen molar-refractivity contribution in [1.82, 2.24) is 5.32 Å². The molecule has 3 amide bonds. The van der Waals surface area contributed by atoms with Crippen molar-refractivity contribution >= 4 is 23.3 Å². The van der Waals surface area contributed by atoms with Crippen LogP contribution in [-0.2, 0) is 11.2 Å². The number of carbonyl (C=O) groups excluding carboxylic acids is 2. The molecular weight excluding hydrogens is 338 g/mol. The third-order valence-corrected chi connectivity index (χ3v) is 5.23. The molecule has 0 saturated carbocycles. The van der Waals surface area contributed by atoms with E-state index in [2.05, 4.69) is 10.6 Å². The van der Waals surface area contributed by atoms with Crippen LogP contribution in [0.25, 0.3) is 0 Å². The number of anilines is 2. The largest absolute Gasteiger partial charge is 0.326 e. The Morgan fingerprint density at radius 2 is 1.78 bits per heavy atom. The maximum atomic E-state index is 13.1. The summed E-state index contributed by atoms with van der Waals surface area (Å²) in [6.07, 6.45) is 0.849. The third-order valence-electron chi connectivity index (χ3n) is 5.23. The van der Waals surface area contributed by atoms with E-state index >= 15 is 0 Å². The fourth-order valence-corrected chi connectivity index (χ4v) is 3.43. The molecule has 0 bridgehead atoms. The highest BCUT2D eigenvalue weighted by Crippen LogP contribution is 2.28. The number of benzene rings is 2. The molecule has 27 heavy (non-hydrogen) atoms. The van der Waals surface area contributed by atoms with Gasteiger partial charge in [0.05, 0.1) is 0 Å². The van der Waals surface area contributed by atoms with Gasteiger partial charge in [0.15, 0.2) is 0 Å². The first-order chi connectivity index (χ1) is 12.9. The molecule has 0 saturated heterocycles. The molecule has 1 aliphatic rings. The van der Waals surface area contributed by atoms with Gasteiger partial charge < -0.3 is 15.5 Å². The van der Waals surface area contributed by atoms with Gasteiger partial charge in [-0.1, -0.05) is 44.2 Å². The van der Waals surface area contributed by atoms with Crippen LogP contribution in [0.15, 0.2) is 42.5 Å². The Kier molecular flexibility index (Phi) is 5.49. The minimum Gasteiger partial charge on any atom is -0.326 e. The molecule has 3 rings (SSSR count).